The van der Waals surface area contributed by atoms with Crippen LogP contribution in [0.1, 0.15) is 12.8 Å². The summed E-state index contributed by atoms with van der Waals surface area (Å²) in [5, 5.41) is 15.2. The number of rotatable bonds is 9. The van der Waals surface area contributed by atoms with Crippen LogP contribution >= 0.6 is 0 Å². The molecule has 0 aliphatic heterocycles. The van der Waals surface area contributed by atoms with Crippen molar-refractivity contribution in [2.45, 2.75) is 18.9 Å². The van der Waals surface area contributed by atoms with Crippen LogP contribution in [0.4, 0.5) is 10.1 Å². The molecule has 0 heterocycles. The number of anilines is 1. The Morgan fingerprint density at radius 3 is 2.73 bits per heavy atom. The molecule has 1 aromatic carbocycles. The molecule has 6 nitrogen and oxygen atoms in total. The van der Waals surface area contributed by atoms with Crippen molar-refractivity contribution in [1.82, 2.24) is 0 Å². The van der Waals surface area contributed by atoms with Crippen LogP contribution in [-0.4, -0.2) is 45.1 Å². The SMILES string of the molecule is C[NH+](C)CCC[NH2+][C@@H](CC(=O)Nc1cccc(F)c1)C(=O)[O-]. The Bertz CT molecular complexity index is 509. The number of carbonyl (C=O) groups is 2. The fourth-order valence-electron chi connectivity index (χ4n) is 2.02. The summed E-state index contributed by atoms with van der Waals surface area (Å²) in [4.78, 5) is 24.2. The summed E-state index contributed by atoms with van der Waals surface area (Å²) in [5.41, 5.74) is 0.304. The van der Waals surface area contributed by atoms with Crippen LogP contribution < -0.4 is 20.6 Å². The van der Waals surface area contributed by atoms with E-state index in [4.69, 9.17) is 0 Å². The van der Waals surface area contributed by atoms with Gasteiger partial charge in [0.15, 0.2) is 0 Å². The summed E-state index contributed by atoms with van der Waals surface area (Å²) in [6.07, 6.45) is 0.630. The highest BCUT2D eigenvalue weighted by Gasteiger charge is 2.18. The topological polar surface area (TPSA) is 90.3 Å². The molecule has 22 heavy (non-hydrogen) atoms. The minimum absolute atomic E-state index is 0.215. The molecule has 7 heteroatoms. The molecule has 122 valence electrons. The van der Waals surface area contributed by atoms with E-state index in [2.05, 4.69) is 5.32 Å². The Morgan fingerprint density at radius 2 is 2.14 bits per heavy atom. The lowest BCUT2D eigenvalue weighted by molar-refractivity contribution is -0.860. The van der Waals surface area contributed by atoms with Crippen LogP contribution in [0.25, 0.3) is 0 Å². The number of quaternary nitrogens is 2. The predicted molar refractivity (Wildman–Crippen MR) is 77.5 cm³/mol. The minimum Gasteiger partial charge on any atom is -0.544 e. The maximum atomic E-state index is 13.0. The number of nitrogens with two attached hydrogens (primary N) is 1. The van der Waals surface area contributed by atoms with E-state index < -0.39 is 23.7 Å². The number of carbonyl (C=O) groups excluding carboxylic acids is 2. The summed E-state index contributed by atoms with van der Waals surface area (Å²) in [6.45, 7) is 1.53. The second kappa shape index (κ2) is 9.11. The summed E-state index contributed by atoms with van der Waals surface area (Å²) < 4.78 is 13.0. The standard InChI is InChI=1S/C15H22FN3O3/c1-19(2)8-4-7-17-13(15(21)22)10-14(20)18-12-6-3-5-11(16)9-12/h3,5-6,9,13,17H,4,7-8,10H2,1-2H3,(H,18,20)(H,21,22)/p+1/t13-/m0/s1. The molecule has 0 radical (unpaired) electrons. The average Bonchev–Trinajstić information content (AvgIpc) is 2.41. The highest BCUT2D eigenvalue weighted by molar-refractivity contribution is 5.93. The van der Waals surface area contributed by atoms with Crippen LogP contribution in [0.2, 0.25) is 0 Å². The number of amides is 1. The van der Waals surface area contributed by atoms with Crippen LogP contribution in [0.3, 0.4) is 0 Å². The molecule has 0 aromatic heterocycles. The second-order valence-electron chi connectivity index (χ2n) is 5.52. The Labute approximate surface area is 129 Å². The Kier molecular flexibility index (Phi) is 7.48. The lowest BCUT2D eigenvalue weighted by atomic mass is 10.2. The fraction of sp³-hybridized carbons (Fsp3) is 0.467. The third-order valence-corrected chi connectivity index (χ3v) is 3.15. The number of carboxylic acids is 1. The molecule has 1 atom stereocenters. The van der Waals surface area contributed by atoms with Crippen LogP contribution in [0.5, 0.6) is 0 Å². The first-order chi connectivity index (χ1) is 10.4. The van der Waals surface area contributed by atoms with Gasteiger partial charge in [0, 0.05) is 12.1 Å². The molecule has 0 saturated carbocycles. The maximum Gasteiger partial charge on any atom is 0.230 e. The first kappa shape index (κ1) is 18.1. The Hall–Kier alpha value is -1.99. The van der Waals surface area contributed by atoms with Gasteiger partial charge >= 0.3 is 0 Å². The van der Waals surface area contributed by atoms with E-state index in [9.17, 15) is 19.1 Å². The highest BCUT2D eigenvalue weighted by Crippen LogP contribution is 2.09. The quantitative estimate of drug-likeness (QED) is 0.436. The van der Waals surface area contributed by atoms with Crippen LogP contribution in [0, 0.1) is 5.82 Å². The van der Waals surface area contributed by atoms with E-state index in [1.165, 1.54) is 23.1 Å². The lowest BCUT2D eigenvalue weighted by Gasteiger charge is -2.16. The normalized spacial score (nSPS) is 12.2. The van der Waals surface area contributed by atoms with Gasteiger partial charge in [-0.15, -0.1) is 0 Å². The molecule has 4 N–H and O–H groups in total. The average molecular weight is 312 g/mol. The Morgan fingerprint density at radius 1 is 1.41 bits per heavy atom. The monoisotopic (exact) mass is 312 g/mol. The van der Waals surface area contributed by atoms with Crippen molar-refractivity contribution >= 4 is 17.6 Å². The van der Waals surface area contributed by atoms with Gasteiger partial charge in [-0.2, -0.15) is 0 Å². The van der Waals surface area contributed by atoms with Gasteiger partial charge in [-0.05, 0) is 18.2 Å². The molecule has 0 aliphatic rings. The number of aliphatic carboxylic acids is 1. The summed E-state index contributed by atoms with van der Waals surface area (Å²) in [7, 11) is 4.03. The van der Waals surface area contributed by atoms with Gasteiger partial charge in [-0.25, -0.2) is 4.39 Å². The zero-order valence-corrected chi connectivity index (χ0v) is 12.9. The minimum atomic E-state index is -1.27. The first-order valence-corrected chi connectivity index (χ1v) is 7.27. The van der Waals surface area contributed by atoms with E-state index in [1.807, 2.05) is 14.1 Å². The van der Waals surface area contributed by atoms with E-state index >= 15 is 0 Å². The number of halogens is 1. The molecular weight excluding hydrogens is 289 g/mol. The molecular formula is C15H23FN3O3+. The van der Waals surface area contributed by atoms with Crippen molar-refractivity contribution in [3.05, 3.63) is 30.1 Å². The summed E-state index contributed by atoms with van der Waals surface area (Å²) in [5.74, 6) is -2.21. The van der Waals surface area contributed by atoms with Gasteiger partial charge in [0.25, 0.3) is 0 Å². The lowest BCUT2D eigenvalue weighted by Crippen LogP contribution is -3.06. The van der Waals surface area contributed by atoms with E-state index in [1.54, 1.807) is 11.4 Å². The van der Waals surface area contributed by atoms with E-state index in [0.29, 0.717) is 12.2 Å². The van der Waals surface area contributed by atoms with Gasteiger partial charge in [-0.3, -0.25) is 4.79 Å². The predicted octanol–water partition coefficient (Wildman–Crippen LogP) is -2.63. The second-order valence-corrected chi connectivity index (χ2v) is 5.52. The van der Waals surface area contributed by atoms with Crippen molar-refractivity contribution in [3.8, 4) is 0 Å². The molecule has 0 fully saturated rings. The molecule has 1 amide bonds. The fourth-order valence-corrected chi connectivity index (χ4v) is 2.02. The number of hydrogen-bond acceptors (Lipinski definition) is 3. The van der Waals surface area contributed by atoms with Gasteiger partial charge in [-0.1, -0.05) is 6.07 Å². The zero-order valence-electron chi connectivity index (χ0n) is 12.9. The zero-order chi connectivity index (χ0) is 16.5. The van der Waals surface area contributed by atoms with E-state index in [-0.39, 0.29) is 6.42 Å². The van der Waals surface area contributed by atoms with Crippen LogP contribution in [0.15, 0.2) is 24.3 Å². The van der Waals surface area contributed by atoms with Crippen LogP contribution in [-0.2, 0) is 9.59 Å². The largest absolute Gasteiger partial charge is 0.544 e. The number of carboxylic acid groups (broad SMARTS) is 1. The number of benzene rings is 1. The number of hydrogen-bond donors (Lipinski definition) is 3. The summed E-state index contributed by atoms with van der Waals surface area (Å²) in [6, 6.07) is 4.51. The molecule has 0 unspecified atom stereocenters. The third-order valence-electron chi connectivity index (χ3n) is 3.15. The molecule has 0 aliphatic carbocycles. The summed E-state index contributed by atoms with van der Waals surface area (Å²) >= 11 is 0. The van der Waals surface area contributed by atoms with Gasteiger partial charge < -0.3 is 25.4 Å². The molecule has 0 saturated heterocycles. The smallest absolute Gasteiger partial charge is 0.230 e. The van der Waals surface area contributed by atoms with Gasteiger partial charge in [0.05, 0.1) is 39.6 Å². The molecule has 1 rings (SSSR count). The van der Waals surface area contributed by atoms with Crippen molar-refractivity contribution in [3.63, 3.8) is 0 Å². The van der Waals surface area contributed by atoms with Gasteiger partial charge in [0.1, 0.15) is 11.9 Å². The van der Waals surface area contributed by atoms with Crippen molar-refractivity contribution in [2.75, 3.05) is 32.5 Å². The van der Waals surface area contributed by atoms with Crippen molar-refractivity contribution in [2.24, 2.45) is 0 Å². The first-order valence-electron chi connectivity index (χ1n) is 7.27. The third kappa shape index (κ3) is 7.14. The molecule has 0 spiro atoms. The number of nitrogens with one attached hydrogen (secondary N) is 2. The Balaban J connectivity index is 2.45. The van der Waals surface area contributed by atoms with Crippen molar-refractivity contribution < 1.29 is 29.3 Å². The molecule has 1 aromatic rings. The highest BCUT2D eigenvalue weighted by atomic mass is 19.1. The maximum absolute atomic E-state index is 13.0. The van der Waals surface area contributed by atoms with E-state index in [0.717, 1.165) is 13.0 Å². The van der Waals surface area contributed by atoms with Gasteiger partial charge in [0.2, 0.25) is 5.91 Å². The molecule has 0 bridgehead atoms. The van der Waals surface area contributed by atoms with Crippen molar-refractivity contribution in [1.29, 1.82) is 0 Å².